The van der Waals surface area contributed by atoms with Gasteiger partial charge in [-0.2, -0.15) is 0 Å². The number of amides is 2. The molecule has 7 heteroatoms. The lowest BCUT2D eigenvalue weighted by atomic mass is 9.94. The van der Waals surface area contributed by atoms with Crippen molar-refractivity contribution in [2.45, 2.75) is 45.1 Å². The standard InChI is InChI=1S/C17H32N4O2.ClH/c1-3-21(15-7-5-4-6-8-15)17(23)14-19(2)13-16(22)20-11-9-18-10-12-20;/h15,18H,3-14H2,1-2H3;1H. The summed E-state index contributed by atoms with van der Waals surface area (Å²) in [7, 11) is 1.87. The van der Waals surface area contributed by atoms with Crippen LogP contribution in [0.1, 0.15) is 39.0 Å². The third kappa shape index (κ3) is 6.22. The van der Waals surface area contributed by atoms with Crippen LogP contribution in [0, 0.1) is 0 Å². The van der Waals surface area contributed by atoms with Gasteiger partial charge in [0.15, 0.2) is 0 Å². The lowest BCUT2D eigenvalue weighted by Crippen LogP contribution is -2.51. The van der Waals surface area contributed by atoms with Crippen molar-refractivity contribution in [1.82, 2.24) is 20.0 Å². The Balaban J connectivity index is 0.00000288. The van der Waals surface area contributed by atoms with Crippen molar-refractivity contribution in [3.63, 3.8) is 0 Å². The second-order valence-corrected chi connectivity index (χ2v) is 6.77. The van der Waals surface area contributed by atoms with E-state index in [4.69, 9.17) is 0 Å². The predicted octanol–water partition coefficient (Wildman–Crippen LogP) is 0.953. The van der Waals surface area contributed by atoms with Gasteiger partial charge in [-0.1, -0.05) is 19.3 Å². The van der Waals surface area contributed by atoms with Crippen molar-refractivity contribution in [3.05, 3.63) is 0 Å². The van der Waals surface area contributed by atoms with Crippen LogP contribution in [0.25, 0.3) is 0 Å². The second kappa shape index (κ2) is 10.9. The van der Waals surface area contributed by atoms with Crippen molar-refractivity contribution < 1.29 is 9.59 Å². The van der Waals surface area contributed by atoms with Gasteiger partial charge in [0, 0.05) is 38.8 Å². The summed E-state index contributed by atoms with van der Waals surface area (Å²) in [5, 5.41) is 3.25. The smallest absolute Gasteiger partial charge is 0.236 e. The van der Waals surface area contributed by atoms with Crippen molar-refractivity contribution in [2.75, 3.05) is 52.9 Å². The van der Waals surface area contributed by atoms with E-state index in [2.05, 4.69) is 12.2 Å². The Hall–Kier alpha value is -0.850. The molecular formula is C17H33ClN4O2. The summed E-state index contributed by atoms with van der Waals surface area (Å²) in [4.78, 5) is 30.6. The molecule has 0 aromatic rings. The molecule has 2 rings (SSSR count). The summed E-state index contributed by atoms with van der Waals surface area (Å²) in [5.74, 6) is 0.289. The van der Waals surface area contributed by atoms with E-state index in [1.54, 1.807) is 0 Å². The lowest BCUT2D eigenvalue weighted by molar-refractivity contribution is -0.137. The molecule has 2 amide bonds. The first kappa shape index (κ1) is 21.2. The average Bonchev–Trinajstić information content (AvgIpc) is 2.57. The zero-order valence-electron chi connectivity index (χ0n) is 15.1. The van der Waals surface area contributed by atoms with Crippen LogP contribution in [0.2, 0.25) is 0 Å². The fraction of sp³-hybridized carbons (Fsp3) is 0.882. The molecule has 0 atom stereocenters. The summed E-state index contributed by atoms with van der Waals surface area (Å²) >= 11 is 0. The number of carbonyl (C=O) groups is 2. The Bertz CT molecular complexity index is 396. The van der Waals surface area contributed by atoms with Crippen LogP contribution in [0.3, 0.4) is 0 Å². The van der Waals surface area contributed by atoms with Gasteiger partial charge < -0.3 is 15.1 Å². The van der Waals surface area contributed by atoms with Gasteiger partial charge in [0.25, 0.3) is 0 Å². The van der Waals surface area contributed by atoms with Crippen molar-refractivity contribution in [1.29, 1.82) is 0 Å². The number of halogens is 1. The van der Waals surface area contributed by atoms with Gasteiger partial charge in [-0.25, -0.2) is 0 Å². The van der Waals surface area contributed by atoms with E-state index in [1.165, 1.54) is 19.3 Å². The molecule has 1 N–H and O–H groups in total. The van der Waals surface area contributed by atoms with Gasteiger partial charge in [0.2, 0.25) is 11.8 Å². The molecule has 1 aliphatic heterocycles. The Labute approximate surface area is 152 Å². The molecule has 1 aliphatic carbocycles. The number of hydrogen-bond donors (Lipinski definition) is 1. The molecule has 0 radical (unpaired) electrons. The number of rotatable bonds is 6. The molecule has 1 heterocycles. The zero-order chi connectivity index (χ0) is 16.7. The van der Waals surface area contributed by atoms with E-state index >= 15 is 0 Å². The quantitative estimate of drug-likeness (QED) is 0.766. The molecule has 2 fully saturated rings. The second-order valence-electron chi connectivity index (χ2n) is 6.77. The van der Waals surface area contributed by atoms with Crippen molar-refractivity contribution in [3.8, 4) is 0 Å². The van der Waals surface area contributed by atoms with Gasteiger partial charge in [-0.05, 0) is 26.8 Å². The first-order valence-electron chi connectivity index (χ1n) is 9.08. The van der Waals surface area contributed by atoms with Crippen LogP contribution < -0.4 is 5.32 Å². The van der Waals surface area contributed by atoms with Crippen LogP contribution in [0.4, 0.5) is 0 Å². The van der Waals surface area contributed by atoms with E-state index < -0.39 is 0 Å². The highest BCUT2D eigenvalue weighted by Gasteiger charge is 2.25. The molecule has 0 aromatic heterocycles. The number of hydrogen-bond acceptors (Lipinski definition) is 4. The van der Waals surface area contributed by atoms with E-state index in [0.717, 1.165) is 45.6 Å². The molecule has 0 unspecified atom stereocenters. The molecule has 0 aromatic carbocycles. The molecule has 6 nitrogen and oxygen atoms in total. The normalized spacial score (nSPS) is 19.0. The summed E-state index contributed by atoms with van der Waals surface area (Å²) in [6, 6.07) is 0.401. The molecule has 140 valence electrons. The van der Waals surface area contributed by atoms with E-state index in [9.17, 15) is 9.59 Å². The SMILES string of the molecule is CCN(C(=O)CN(C)CC(=O)N1CCNCC1)C1CCCCC1.Cl. The molecule has 0 spiro atoms. The number of carbonyl (C=O) groups excluding carboxylic acids is 2. The van der Waals surface area contributed by atoms with Gasteiger partial charge in [-0.3, -0.25) is 14.5 Å². The first-order valence-corrected chi connectivity index (χ1v) is 9.08. The third-order valence-corrected chi connectivity index (χ3v) is 4.96. The average molecular weight is 361 g/mol. The van der Waals surface area contributed by atoms with Gasteiger partial charge >= 0.3 is 0 Å². The summed E-state index contributed by atoms with van der Waals surface area (Å²) in [6.07, 6.45) is 6.00. The number of nitrogens with zero attached hydrogens (tertiary/aromatic N) is 3. The minimum Gasteiger partial charge on any atom is -0.339 e. The minimum absolute atomic E-state index is 0. The Kier molecular flexibility index (Phi) is 9.63. The van der Waals surface area contributed by atoms with Gasteiger partial charge in [-0.15, -0.1) is 12.4 Å². The number of nitrogens with one attached hydrogen (secondary N) is 1. The van der Waals surface area contributed by atoms with E-state index in [-0.39, 0.29) is 24.2 Å². The largest absolute Gasteiger partial charge is 0.339 e. The molecular weight excluding hydrogens is 328 g/mol. The zero-order valence-corrected chi connectivity index (χ0v) is 15.9. The van der Waals surface area contributed by atoms with Gasteiger partial charge in [0.1, 0.15) is 0 Å². The lowest BCUT2D eigenvalue weighted by Gasteiger charge is -2.35. The van der Waals surface area contributed by atoms with Crippen LogP contribution >= 0.6 is 12.4 Å². The van der Waals surface area contributed by atoms with Crippen LogP contribution in [0.5, 0.6) is 0 Å². The van der Waals surface area contributed by atoms with Crippen LogP contribution in [0.15, 0.2) is 0 Å². The van der Waals surface area contributed by atoms with Crippen molar-refractivity contribution in [2.24, 2.45) is 0 Å². The molecule has 2 aliphatic rings. The van der Waals surface area contributed by atoms with Crippen LogP contribution in [-0.2, 0) is 9.59 Å². The Morgan fingerprint density at radius 3 is 2.29 bits per heavy atom. The fourth-order valence-corrected chi connectivity index (χ4v) is 3.65. The highest BCUT2D eigenvalue weighted by atomic mass is 35.5. The van der Waals surface area contributed by atoms with E-state index in [0.29, 0.717) is 19.1 Å². The van der Waals surface area contributed by atoms with Gasteiger partial charge in [0.05, 0.1) is 13.1 Å². The van der Waals surface area contributed by atoms with Crippen molar-refractivity contribution >= 4 is 24.2 Å². The maximum Gasteiger partial charge on any atom is 0.236 e. The monoisotopic (exact) mass is 360 g/mol. The predicted molar refractivity (Wildman–Crippen MR) is 98.5 cm³/mol. The fourth-order valence-electron chi connectivity index (χ4n) is 3.65. The number of piperazine rings is 1. The molecule has 0 bridgehead atoms. The van der Waals surface area contributed by atoms with E-state index in [1.807, 2.05) is 21.7 Å². The third-order valence-electron chi connectivity index (χ3n) is 4.96. The summed E-state index contributed by atoms with van der Waals surface area (Å²) in [5.41, 5.74) is 0. The molecule has 1 saturated heterocycles. The number of likely N-dealkylation sites (N-methyl/N-ethyl adjacent to an activating group) is 2. The summed E-state index contributed by atoms with van der Waals surface area (Å²) < 4.78 is 0. The first-order chi connectivity index (χ1) is 11.1. The topological polar surface area (TPSA) is 55.9 Å². The highest BCUT2D eigenvalue weighted by Crippen LogP contribution is 2.22. The van der Waals surface area contributed by atoms with Crippen LogP contribution in [-0.4, -0.2) is 85.4 Å². The molecule has 1 saturated carbocycles. The highest BCUT2D eigenvalue weighted by molar-refractivity contribution is 5.85. The maximum atomic E-state index is 12.6. The maximum absolute atomic E-state index is 12.6. The minimum atomic E-state index is 0. The Morgan fingerprint density at radius 2 is 1.71 bits per heavy atom. The summed E-state index contributed by atoms with van der Waals surface area (Å²) in [6.45, 7) is 6.74. The molecule has 24 heavy (non-hydrogen) atoms. The Morgan fingerprint density at radius 1 is 1.08 bits per heavy atom.